The molecule has 0 aliphatic carbocycles. The minimum absolute atomic E-state index is 0.0111. The van der Waals surface area contributed by atoms with Gasteiger partial charge in [0.15, 0.2) is 5.78 Å². The van der Waals surface area contributed by atoms with Gasteiger partial charge >= 0.3 is 6.18 Å². The van der Waals surface area contributed by atoms with Crippen LogP contribution in [0, 0.1) is 5.92 Å². The summed E-state index contributed by atoms with van der Waals surface area (Å²) in [6.07, 6.45) is -4.86. The molecule has 0 radical (unpaired) electrons. The molecule has 0 spiro atoms. The van der Waals surface area contributed by atoms with Gasteiger partial charge in [0.05, 0.1) is 25.8 Å². The van der Waals surface area contributed by atoms with E-state index < -0.39 is 17.8 Å². The maximum atomic E-state index is 13.5. The lowest BCUT2D eigenvalue weighted by Crippen LogP contribution is -2.49. The van der Waals surface area contributed by atoms with E-state index in [1.807, 2.05) is 11.8 Å². The average molecular weight is 402 g/mol. The SMILES string of the molecule is CC(C)C(=O)CN1CCC(C(F)(F)F)n2c1nc(N1CCOC[C@H]1C)cc2=O. The van der Waals surface area contributed by atoms with Crippen LogP contribution in [0.15, 0.2) is 10.9 Å². The predicted molar refractivity (Wildman–Crippen MR) is 97.9 cm³/mol. The number of aromatic nitrogens is 2. The molecule has 3 heterocycles. The Hall–Kier alpha value is -2.10. The summed E-state index contributed by atoms with van der Waals surface area (Å²) in [5.74, 6) is -0.153. The fourth-order valence-electron chi connectivity index (χ4n) is 3.54. The van der Waals surface area contributed by atoms with Crippen molar-refractivity contribution in [2.45, 2.75) is 45.5 Å². The van der Waals surface area contributed by atoms with Crippen molar-refractivity contribution >= 4 is 17.5 Å². The Morgan fingerprint density at radius 3 is 2.68 bits per heavy atom. The van der Waals surface area contributed by atoms with Gasteiger partial charge in [0.1, 0.15) is 11.9 Å². The summed E-state index contributed by atoms with van der Waals surface area (Å²) in [4.78, 5) is 32.7. The molecule has 0 bridgehead atoms. The third-order valence-electron chi connectivity index (χ3n) is 5.22. The summed E-state index contributed by atoms with van der Waals surface area (Å²) in [5.41, 5.74) is -0.761. The third-order valence-corrected chi connectivity index (χ3v) is 5.22. The number of fused-ring (bicyclic) bond motifs is 1. The number of ether oxygens (including phenoxy) is 1. The molecule has 1 unspecified atom stereocenters. The Labute approximate surface area is 161 Å². The molecule has 1 aromatic heterocycles. The second-order valence-electron chi connectivity index (χ2n) is 7.63. The smallest absolute Gasteiger partial charge is 0.377 e. The standard InChI is InChI=1S/C18H25F3N4O3/c1-11(2)13(26)9-23-5-4-14(18(19,20)21)25-16(27)8-15(22-17(23)25)24-6-7-28-10-12(24)3/h8,11-12,14H,4-7,9-10H2,1-3H3/t12-,14?/m1/s1. The van der Waals surface area contributed by atoms with E-state index in [0.717, 1.165) is 6.07 Å². The van der Waals surface area contributed by atoms with Crippen molar-refractivity contribution in [3.05, 3.63) is 16.4 Å². The van der Waals surface area contributed by atoms with Crippen LogP contribution >= 0.6 is 0 Å². The molecule has 1 saturated heterocycles. The zero-order chi connectivity index (χ0) is 20.6. The van der Waals surface area contributed by atoms with Crippen molar-refractivity contribution in [2.75, 3.05) is 42.6 Å². The van der Waals surface area contributed by atoms with Gasteiger partial charge in [0, 0.05) is 25.1 Å². The highest BCUT2D eigenvalue weighted by atomic mass is 19.4. The molecule has 2 aliphatic rings. The summed E-state index contributed by atoms with van der Waals surface area (Å²) in [6.45, 7) is 6.69. The van der Waals surface area contributed by atoms with Gasteiger partial charge in [-0.05, 0) is 13.3 Å². The number of hydrogen-bond donors (Lipinski definition) is 0. The van der Waals surface area contributed by atoms with E-state index in [4.69, 9.17) is 4.74 Å². The summed E-state index contributed by atoms with van der Waals surface area (Å²) in [7, 11) is 0. The number of rotatable bonds is 4. The molecular weight excluding hydrogens is 377 g/mol. The quantitative estimate of drug-likeness (QED) is 0.768. The fourth-order valence-corrected chi connectivity index (χ4v) is 3.54. The highest BCUT2D eigenvalue weighted by molar-refractivity contribution is 5.84. The van der Waals surface area contributed by atoms with Crippen molar-refractivity contribution in [2.24, 2.45) is 5.92 Å². The van der Waals surface area contributed by atoms with Crippen LogP contribution in [-0.2, 0) is 9.53 Å². The van der Waals surface area contributed by atoms with Crippen molar-refractivity contribution in [1.82, 2.24) is 9.55 Å². The molecule has 3 rings (SSSR count). The molecule has 0 aromatic carbocycles. The van der Waals surface area contributed by atoms with Crippen LogP contribution in [0.1, 0.15) is 33.2 Å². The molecular formula is C18H25F3N4O3. The Kier molecular flexibility index (Phi) is 5.69. The molecule has 0 N–H and O–H groups in total. The van der Waals surface area contributed by atoms with E-state index in [1.165, 1.54) is 4.90 Å². The molecule has 0 amide bonds. The molecule has 2 aliphatic heterocycles. The van der Waals surface area contributed by atoms with Crippen molar-refractivity contribution in [3.8, 4) is 0 Å². The van der Waals surface area contributed by atoms with E-state index in [1.54, 1.807) is 13.8 Å². The molecule has 1 fully saturated rings. The Morgan fingerprint density at radius 1 is 1.36 bits per heavy atom. The van der Waals surface area contributed by atoms with Gasteiger partial charge < -0.3 is 14.5 Å². The van der Waals surface area contributed by atoms with Crippen LogP contribution in [0.2, 0.25) is 0 Å². The van der Waals surface area contributed by atoms with Crippen LogP contribution in [-0.4, -0.2) is 60.4 Å². The van der Waals surface area contributed by atoms with Gasteiger partial charge in [-0.3, -0.25) is 14.2 Å². The number of hydrogen-bond acceptors (Lipinski definition) is 6. The largest absolute Gasteiger partial charge is 0.409 e. The number of halogens is 3. The lowest BCUT2D eigenvalue weighted by atomic mass is 10.1. The van der Waals surface area contributed by atoms with Crippen LogP contribution in [0.3, 0.4) is 0 Å². The lowest BCUT2D eigenvalue weighted by Gasteiger charge is -2.38. The second-order valence-corrected chi connectivity index (χ2v) is 7.63. The number of ketones is 1. The van der Waals surface area contributed by atoms with Crippen molar-refractivity contribution in [1.29, 1.82) is 0 Å². The molecule has 0 saturated carbocycles. The third kappa shape index (κ3) is 4.01. The summed E-state index contributed by atoms with van der Waals surface area (Å²) in [5, 5.41) is 0. The van der Waals surface area contributed by atoms with Gasteiger partial charge in [-0.15, -0.1) is 0 Å². The normalized spacial score (nSPS) is 23.1. The van der Waals surface area contributed by atoms with E-state index in [-0.39, 0.29) is 43.2 Å². The molecule has 156 valence electrons. The topological polar surface area (TPSA) is 67.7 Å². The minimum atomic E-state index is -4.57. The van der Waals surface area contributed by atoms with Gasteiger partial charge in [-0.25, -0.2) is 0 Å². The van der Waals surface area contributed by atoms with E-state index in [0.29, 0.717) is 30.1 Å². The lowest BCUT2D eigenvalue weighted by molar-refractivity contribution is -0.170. The molecule has 10 heteroatoms. The first-order valence-corrected chi connectivity index (χ1v) is 9.42. The molecule has 7 nitrogen and oxygen atoms in total. The number of alkyl halides is 3. The zero-order valence-electron chi connectivity index (χ0n) is 16.2. The maximum absolute atomic E-state index is 13.5. The summed E-state index contributed by atoms with van der Waals surface area (Å²) in [6, 6.07) is -0.849. The Bertz CT molecular complexity index is 793. The summed E-state index contributed by atoms with van der Waals surface area (Å²) >= 11 is 0. The molecule has 2 atom stereocenters. The van der Waals surface area contributed by atoms with Crippen LogP contribution in [0.4, 0.5) is 24.9 Å². The highest BCUT2D eigenvalue weighted by Gasteiger charge is 2.46. The first-order chi connectivity index (χ1) is 13.1. The van der Waals surface area contributed by atoms with E-state index >= 15 is 0 Å². The number of anilines is 2. The number of carbonyl (C=O) groups excluding carboxylic acids is 1. The molecule has 28 heavy (non-hydrogen) atoms. The van der Waals surface area contributed by atoms with Crippen LogP contribution < -0.4 is 15.4 Å². The first-order valence-electron chi connectivity index (χ1n) is 9.42. The van der Waals surface area contributed by atoms with Gasteiger partial charge in [-0.1, -0.05) is 13.8 Å². The number of carbonyl (C=O) groups is 1. The second kappa shape index (κ2) is 7.73. The first kappa shape index (κ1) is 20.6. The molecule has 1 aromatic rings. The number of Topliss-reactive ketones (excluding diaryl/α,β-unsaturated/α-hetero) is 1. The Morgan fingerprint density at radius 2 is 2.07 bits per heavy atom. The monoisotopic (exact) mass is 402 g/mol. The van der Waals surface area contributed by atoms with E-state index in [2.05, 4.69) is 4.98 Å². The van der Waals surface area contributed by atoms with Gasteiger partial charge in [-0.2, -0.15) is 18.2 Å². The highest BCUT2D eigenvalue weighted by Crippen LogP contribution is 2.38. The fraction of sp³-hybridized carbons (Fsp3) is 0.722. The average Bonchev–Trinajstić information content (AvgIpc) is 2.61. The van der Waals surface area contributed by atoms with Crippen LogP contribution in [0.5, 0.6) is 0 Å². The predicted octanol–water partition coefficient (Wildman–Crippen LogP) is 2.01. The van der Waals surface area contributed by atoms with Gasteiger partial charge in [0.25, 0.3) is 5.56 Å². The van der Waals surface area contributed by atoms with Crippen LogP contribution in [0.25, 0.3) is 0 Å². The number of morpholine rings is 1. The minimum Gasteiger partial charge on any atom is -0.377 e. The Balaban J connectivity index is 2.07. The zero-order valence-corrected chi connectivity index (χ0v) is 16.2. The van der Waals surface area contributed by atoms with E-state index in [9.17, 15) is 22.8 Å². The van der Waals surface area contributed by atoms with Gasteiger partial charge in [0.2, 0.25) is 5.95 Å². The van der Waals surface area contributed by atoms with Crippen molar-refractivity contribution < 1.29 is 22.7 Å². The maximum Gasteiger partial charge on any atom is 0.409 e. The van der Waals surface area contributed by atoms with Crippen molar-refractivity contribution in [3.63, 3.8) is 0 Å². The number of nitrogens with zero attached hydrogens (tertiary/aromatic N) is 4. The summed E-state index contributed by atoms with van der Waals surface area (Å²) < 4.78 is 46.7.